The molecule has 104 valence electrons. The highest BCUT2D eigenvalue weighted by Crippen LogP contribution is 2.21. The number of carbonyl (C=O) groups excluding carboxylic acids is 1. The molecule has 1 aliphatic heterocycles. The molecular weight excluding hydrogens is 244 g/mol. The Balaban J connectivity index is 2.01. The van der Waals surface area contributed by atoms with E-state index in [-0.39, 0.29) is 12.5 Å². The van der Waals surface area contributed by atoms with Gasteiger partial charge in [0.25, 0.3) is 5.91 Å². The third-order valence-corrected chi connectivity index (χ3v) is 3.54. The van der Waals surface area contributed by atoms with Gasteiger partial charge in [0.05, 0.1) is 12.7 Å². The first kappa shape index (κ1) is 13.8. The fourth-order valence-corrected chi connectivity index (χ4v) is 2.48. The van der Waals surface area contributed by atoms with Crippen molar-refractivity contribution in [3.8, 4) is 5.88 Å². The number of hydrogen-bond donors (Lipinski definition) is 1. The van der Waals surface area contributed by atoms with Crippen molar-refractivity contribution in [2.45, 2.75) is 19.3 Å². The zero-order valence-corrected chi connectivity index (χ0v) is 11.2. The molecule has 1 atom stereocenters. The van der Waals surface area contributed by atoms with Crippen molar-refractivity contribution in [1.82, 2.24) is 9.88 Å². The lowest BCUT2D eigenvalue weighted by Crippen LogP contribution is -2.40. The largest absolute Gasteiger partial charge is 0.481 e. The van der Waals surface area contributed by atoms with Crippen LogP contribution in [0.1, 0.15) is 29.6 Å². The number of methoxy groups -OCH3 is 1. The minimum absolute atomic E-state index is 0.0118. The SMILES string of the molecule is COc1ccc(C(=O)N2CCCC(CCO)C2)cn1. The molecule has 1 N–H and O–H groups in total. The van der Waals surface area contributed by atoms with Crippen LogP contribution in [0.4, 0.5) is 0 Å². The van der Waals surface area contributed by atoms with Crippen LogP contribution >= 0.6 is 0 Å². The third-order valence-electron chi connectivity index (χ3n) is 3.54. The van der Waals surface area contributed by atoms with Crippen LogP contribution in [0.5, 0.6) is 5.88 Å². The van der Waals surface area contributed by atoms with E-state index >= 15 is 0 Å². The first-order valence-electron chi connectivity index (χ1n) is 6.64. The molecule has 1 aliphatic rings. The Kier molecular flexibility index (Phi) is 4.74. The number of ether oxygens (including phenoxy) is 1. The molecule has 0 saturated carbocycles. The topological polar surface area (TPSA) is 62.7 Å². The Bertz CT molecular complexity index is 417. The fraction of sp³-hybridized carbons (Fsp3) is 0.571. The van der Waals surface area contributed by atoms with Crippen LogP contribution in [0, 0.1) is 5.92 Å². The van der Waals surface area contributed by atoms with Gasteiger partial charge in [-0.1, -0.05) is 0 Å². The van der Waals surface area contributed by atoms with Crippen molar-refractivity contribution in [1.29, 1.82) is 0 Å². The van der Waals surface area contributed by atoms with E-state index in [1.54, 1.807) is 25.4 Å². The molecule has 2 rings (SSSR count). The van der Waals surface area contributed by atoms with E-state index in [4.69, 9.17) is 9.84 Å². The minimum Gasteiger partial charge on any atom is -0.481 e. The van der Waals surface area contributed by atoms with Gasteiger partial charge in [-0.3, -0.25) is 4.79 Å². The average Bonchev–Trinajstić information content (AvgIpc) is 2.47. The highest BCUT2D eigenvalue weighted by Gasteiger charge is 2.24. The maximum Gasteiger partial charge on any atom is 0.255 e. The van der Waals surface area contributed by atoms with Gasteiger partial charge in [0.1, 0.15) is 0 Å². The summed E-state index contributed by atoms with van der Waals surface area (Å²) in [7, 11) is 1.55. The number of pyridine rings is 1. The molecule has 1 unspecified atom stereocenters. The van der Waals surface area contributed by atoms with Crippen LogP contribution in [0.2, 0.25) is 0 Å². The molecule has 5 nitrogen and oxygen atoms in total. The van der Waals surface area contributed by atoms with E-state index in [1.807, 2.05) is 4.90 Å². The summed E-state index contributed by atoms with van der Waals surface area (Å²) in [6.07, 6.45) is 4.41. The van der Waals surface area contributed by atoms with Crippen LogP contribution in [0.15, 0.2) is 18.3 Å². The van der Waals surface area contributed by atoms with Crippen molar-refractivity contribution in [3.63, 3.8) is 0 Å². The lowest BCUT2D eigenvalue weighted by atomic mass is 9.95. The minimum atomic E-state index is 0.0118. The number of nitrogens with zero attached hydrogens (tertiary/aromatic N) is 2. The van der Waals surface area contributed by atoms with Crippen LogP contribution in [-0.4, -0.2) is 47.7 Å². The fourth-order valence-electron chi connectivity index (χ4n) is 2.48. The maximum atomic E-state index is 12.3. The number of carbonyl (C=O) groups is 1. The third kappa shape index (κ3) is 3.44. The molecule has 0 spiro atoms. The number of piperidine rings is 1. The first-order chi connectivity index (χ1) is 9.24. The number of likely N-dealkylation sites (tertiary alicyclic amines) is 1. The Morgan fingerprint density at radius 1 is 1.58 bits per heavy atom. The smallest absolute Gasteiger partial charge is 0.255 e. The second-order valence-electron chi connectivity index (χ2n) is 4.86. The van der Waals surface area contributed by atoms with Crippen molar-refractivity contribution < 1.29 is 14.6 Å². The second-order valence-corrected chi connectivity index (χ2v) is 4.86. The lowest BCUT2D eigenvalue weighted by molar-refractivity contribution is 0.0653. The number of aliphatic hydroxyl groups excluding tert-OH is 1. The van der Waals surface area contributed by atoms with E-state index in [2.05, 4.69) is 4.98 Å². The molecule has 0 aliphatic carbocycles. The van der Waals surface area contributed by atoms with Gasteiger partial charge in [-0.05, 0) is 31.2 Å². The van der Waals surface area contributed by atoms with Crippen molar-refractivity contribution in [2.75, 3.05) is 26.8 Å². The predicted octanol–water partition coefficient (Wildman–Crippen LogP) is 1.32. The number of hydrogen-bond acceptors (Lipinski definition) is 4. The lowest BCUT2D eigenvalue weighted by Gasteiger charge is -2.32. The summed E-state index contributed by atoms with van der Waals surface area (Å²) in [6, 6.07) is 3.44. The maximum absolute atomic E-state index is 12.3. The van der Waals surface area contributed by atoms with Gasteiger partial charge in [0, 0.05) is 32.0 Å². The van der Waals surface area contributed by atoms with Crippen LogP contribution in [0.25, 0.3) is 0 Å². The van der Waals surface area contributed by atoms with Gasteiger partial charge < -0.3 is 14.7 Å². The van der Waals surface area contributed by atoms with E-state index in [1.165, 1.54) is 0 Å². The summed E-state index contributed by atoms with van der Waals surface area (Å²) in [4.78, 5) is 18.2. The van der Waals surface area contributed by atoms with Gasteiger partial charge in [-0.25, -0.2) is 4.98 Å². The molecule has 1 aromatic rings. The molecule has 0 radical (unpaired) electrons. The normalized spacial score (nSPS) is 19.3. The quantitative estimate of drug-likeness (QED) is 0.891. The number of amides is 1. The molecule has 1 amide bonds. The Hall–Kier alpha value is -1.62. The van der Waals surface area contributed by atoms with E-state index < -0.39 is 0 Å². The molecule has 0 bridgehead atoms. The predicted molar refractivity (Wildman–Crippen MR) is 71.1 cm³/mol. The van der Waals surface area contributed by atoms with Crippen LogP contribution in [0.3, 0.4) is 0 Å². The monoisotopic (exact) mass is 264 g/mol. The molecule has 1 fully saturated rings. The molecule has 2 heterocycles. The average molecular weight is 264 g/mol. The highest BCUT2D eigenvalue weighted by atomic mass is 16.5. The molecule has 1 aromatic heterocycles. The molecular formula is C14H20N2O3. The summed E-state index contributed by atoms with van der Waals surface area (Å²) in [5, 5.41) is 8.99. The van der Waals surface area contributed by atoms with Crippen LogP contribution in [-0.2, 0) is 0 Å². The summed E-state index contributed by atoms with van der Waals surface area (Å²) < 4.78 is 4.98. The first-order valence-corrected chi connectivity index (χ1v) is 6.64. The summed E-state index contributed by atoms with van der Waals surface area (Å²) >= 11 is 0. The summed E-state index contributed by atoms with van der Waals surface area (Å²) in [5.74, 6) is 0.931. The van der Waals surface area contributed by atoms with Crippen molar-refractivity contribution in [2.24, 2.45) is 5.92 Å². The van der Waals surface area contributed by atoms with Gasteiger partial charge >= 0.3 is 0 Å². The Morgan fingerprint density at radius 2 is 2.42 bits per heavy atom. The zero-order valence-electron chi connectivity index (χ0n) is 11.2. The van der Waals surface area contributed by atoms with Gasteiger partial charge in [-0.15, -0.1) is 0 Å². The van der Waals surface area contributed by atoms with Gasteiger partial charge in [-0.2, -0.15) is 0 Å². The van der Waals surface area contributed by atoms with E-state index in [0.29, 0.717) is 17.4 Å². The summed E-state index contributed by atoms with van der Waals surface area (Å²) in [5.41, 5.74) is 0.588. The van der Waals surface area contributed by atoms with E-state index in [9.17, 15) is 4.79 Å². The van der Waals surface area contributed by atoms with Crippen molar-refractivity contribution in [3.05, 3.63) is 23.9 Å². The second kappa shape index (κ2) is 6.52. The zero-order chi connectivity index (χ0) is 13.7. The van der Waals surface area contributed by atoms with Crippen LogP contribution < -0.4 is 4.74 Å². The Labute approximate surface area is 113 Å². The highest BCUT2D eigenvalue weighted by molar-refractivity contribution is 5.94. The Morgan fingerprint density at radius 3 is 3.05 bits per heavy atom. The van der Waals surface area contributed by atoms with Gasteiger partial charge in [0.2, 0.25) is 5.88 Å². The molecule has 1 saturated heterocycles. The standard InChI is InChI=1S/C14H20N2O3/c1-19-13-5-4-12(9-15-13)14(18)16-7-2-3-11(10-16)6-8-17/h4-5,9,11,17H,2-3,6-8,10H2,1H3. The molecule has 0 aromatic carbocycles. The van der Waals surface area contributed by atoms with Gasteiger partial charge in [0.15, 0.2) is 0 Å². The molecule has 19 heavy (non-hydrogen) atoms. The number of aromatic nitrogens is 1. The number of aliphatic hydroxyl groups is 1. The van der Waals surface area contributed by atoms with E-state index in [0.717, 1.165) is 32.4 Å². The summed E-state index contributed by atoms with van der Waals surface area (Å²) in [6.45, 7) is 1.70. The molecule has 5 heteroatoms. The number of rotatable bonds is 4. The van der Waals surface area contributed by atoms with Crippen molar-refractivity contribution >= 4 is 5.91 Å².